The first-order chi connectivity index (χ1) is 7.79. The van der Waals surface area contributed by atoms with Crippen LogP contribution in [0, 0.1) is 17.8 Å². The highest BCUT2D eigenvalue weighted by molar-refractivity contribution is 4.99. The average Bonchev–Trinajstić information content (AvgIpc) is 2.36. The first-order valence-corrected chi connectivity index (χ1v) is 7.51. The largest absolute Gasteiger partial charge is 0.300 e. The van der Waals surface area contributed by atoms with E-state index >= 15 is 0 Å². The molecule has 1 heteroatoms. The number of hydrogen-bond donors (Lipinski definition) is 0. The van der Waals surface area contributed by atoms with E-state index in [1.54, 1.807) is 0 Å². The minimum absolute atomic E-state index is 0.933. The smallest absolute Gasteiger partial charge is 0.0126 e. The molecule has 1 saturated heterocycles. The molecular formula is C15H27N. The molecule has 0 radical (unpaired) electrons. The third-order valence-electron chi connectivity index (χ3n) is 5.96. The van der Waals surface area contributed by atoms with Gasteiger partial charge in [0.25, 0.3) is 0 Å². The summed E-state index contributed by atoms with van der Waals surface area (Å²) in [7, 11) is 2.43. The summed E-state index contributed by atoms with van der Waals surface area (Å²) in [6.07, 6.45) is 11.9. The van der Waals surface area contributed by atoms with Gasteiger partial charge in [0, 0.05) is 12.1 Å². The Kier molecular flexibility index (Phi) is 2.99. The van der Waals surface area contributed by atoms with Crippen molar-refractivity contribution in [2.45, 2.75) is 70.4 Å². The zero-order chi connectivity index (χ0) is 11.1. The van der Waals surface area contributed by atoms with Gasteiger partial charge in [-0.1, -0.05) is 32.6 Å². The SMILES string of the molecule is CC1C2CCCCC2N(C)C2CCCCC12. The van der Waals surface area contributed by atoms with Gasteiger partial charge in [-0.25, -0.2) is 0 Å². The van der Waals surface area contributed by atoms with Gasteiger partial charge >= 0.3 is 0 Å². The summed E-state index contributed by atoms with van der Waals surface area (Å²) in [4.78, 5) is 2.80. The molecule has 0 aromatic heterocycles. The molecule has 2 saturated carbocycles. The number of nitrogens with zero attached hydrogens (tertiary/aromatic N) is 1. The van der Waals surface area contributed by atoms with E-state index in [9.17, 15) is 0 Å². The third-order valence-corrected chi connectivity index (χ3v) is 5.96. The summed E-state index contributed by atoms with van der Waals surface area (Å²) >= 11 is 0. The molecule has 1 nitrogen and oxygen atoms in total. The molecule has 3 fully saturated rings. The van der Waals surface area contributed by atoms with E-state index in [-0.39, 0.29) is 0 Å². The fourth-order valence-electron chi connectivity index (χ4n) is 5.08. The monoisotopic (exact) mass is 221 g/mol. The molecule has 3 aliphatic rings. The lowest BCUT2D eigenvalue weighted by atomic mass is 9.62. The van der Waals surface area contributed by atoms with Crippen molar-refractivity contribution in [2.24, 2.45) is 17.8 Å². The summed E-state index contributed by atoms with van der Waals surface area (Å²) in [6.45, 7) is 2.57. The lowest BCUT2D eigenvalue weighted by molar-refractivity contribution is -0.0593. The molecule has 4 unspecified atom stereocenters. The van der Waals surface area contributed by atoms with Crippen LogP contribution in [0.1, 0.15) is 58.3 Å². The highest BCUT2D eigenvalue weighted by Gasteiger charge is 2.46. The number of rotatable bonds is 0. The van der Waals surface area contributed by atoms with E-state index in [1.807, 2.05) is 0 Å². The normalized spacial score (nSPS) is 49.5. The van der Waals surface area contributed by atoms with Gasteiger partial charge < -0.3 is 0 Å². The molecule has 3 rings (SSSR count). The number of hydrogen-bond acceptors (Lipinski definition) is 1. The van der Waals surface area contributed by atoms with Crippen LogP contribution in [0.25, 0.3) is 0 Å². The van der Waals surface area contributed by atoms with Gasteiger partial charge in [0.05, 0.1) is 0 Å². The van der Waals surface area contributed by atoms with Crippen LogP contribution in [0.5, 0.6) is 0 Å². The lowest BCUT2D eigenvalue weighted by Crippen LogP contribution is -2.58. The maximum Gasteiger partial charge on any atom is 0.0126 e. The van der Waals surface area contributed by atoms with Gasteiger partial charge in [-0.3, -0.25) is 4.90 Å². The quantitative estimate of drug-likeness (QED) is 0.603. The van der Waals surface area contributed by atoms with E-state index in [0.717, 1.165) is 29.8 Å². The van der Waals surface area contributed by atoms with Crippen LogP contribution < -0.4 is 0 Å². The molecule has 1 heterocycles. The van der Waals surface area contributed by atoms with Gasteiger partial charge in [0.2, 0.25) is 0 Å². The van der Waals surface area contributed by atoms with Crippen molar-refractivity contribution in [1.29, 1.82) is 0 Å². The minimum Gasteiger partial charge on any atom is -0.300 e. The van der Waals surface area contributed by atoms with Gasteiger partial charge in [-0.2, -0.15) is 0 Å². The van der Waals surface area contributed by atoms with Crippen molar-refractivity contribution < 1.29 is 0 Å². The summed E-state index contributed by atoms with van der Waals surface area (Å²) in [5.74, 6) is 3.06. The Labute approximate surface area is 101 Å². The zero-order valence-corrected chi connectivity index (χ0v) is 11.0. The van der Waals surface area contributed by atoms with Crippen molar-refractivity contribution in [2.75, 3.05) is 7.05 Å². The Balaban J connectivity index is 1.83. The first-order valence-electron chi connectivity index (χ1n) is 7.51. The summed E-state index contributed by atoms with van der Waals surface area (Å²) in [5, 5.41) is 0. The van der Waals surface area contributed by atoms with Crippen LogP contribution in [-0.2, 0) is 0 Å². The molecule has 0 spiro atoms. The van der Waals surface area contributed by atoms with Crippen LogP contribution >= 0.6 is 0 Å². The van der Waals surface area contributed by atoms with Crippen molar-refractivity contribution in [3.8, 4) is 0 Å². The predicted octanol–water partition coefficient (Wildman–Crippen LogP) is 3.69. The van der Waals surface area contributed by atoms with E-state index < -0.39 is 0 Å². The fraction of sp³-hybridized carbons (Fsp3) is 1.00. The Hall–Kier alpha value is -0.0400. The Morgan fingerprint density at radius 2 is 1.19 bits per heavy atom. The molecule has 0 aromatic carbocycles. The number of likely N-dealkylation sites (tertiary alicyclic amines) is 1. The van der Waals surface area contributed by atoms with E-state index in [0.29, 0.717) is 0 Å². The molecular weight excluding hydrogens is 194 g/mol. The maximum absolute atomic E-state index is 2.80. The first kappa shape index (κ1) is 11.1. The molecule has 16 heavy (non-hydrogen) atoms. The van der Waals surface area contributed by atoms with Crippen molar-refractivity contribution in [3.05, 3.63) is 0 Å². The van der Waals surface area contributed by atoms with Crippen molar-refractivity contribution in [3.63, 3.8) is 0 Å². The van der Waals surface area contributed by atoms with E-state index in [2.05, 4.69) is 18.9 Å². The van der Waals surface area contributed by atoms with Gasteiger partial charge in [0.1, 0.15) is 0 Å². The van der Waals surface area contributed by atoms with E-state index in [4.69, 9.17) is 0 Å². The number of piperidine rings is 1. The molecule has 0 N–H and O–H groups in total. The van der Waals surface area contributed by atoms with Crippen LogP contribution in [-0.4, -0.2) is 24.0 Å². The summed E-state index contributed by atoms with van der Waals surface area (Å²) in [5.41, 5.74) is 0. The van der Waals surface area contributed by atoms with E-state index in [1.165, 1.54) is 51.4 Å². The van der Waals surface area contributed by atoms with Crippen LogP contribution in [0.3, 0.4) is 0 Å². The van der Waals surface area contributed by atoms with Gasteiger partial charge in [-0.15, -0.1) is 0 Å². The summed E-state index contributed by atoms with van der Waals surface area (Å²) in [6, 6.07) is 1.87. The second kappa shape index (κ2) is 4.33. The highest BCUT2D eigenvalue weighted by Crippen LogP contribution is 2.47. The molecule has 0 bridgehead atoms. The molecule has 2 aliphatic carbocycles. The second-order valence-corrected chi connectivity index (χ2v) is 6.56. The number of fused-ring (bicyclic) bond motifs is 2. The molecule has 0 aromatic rings. The molecule has 92 valence electrons. The van der Waals surface area contributed by atoms with Crippen LogP contribution in [0.4, 0.5) is 0 Å². The van der Waals surface area contributed by atoms with Crippen molar-refractivity contribution >= 4 is 0 Å². The molecule has 1 aliphatic heterocycles. The van der Waals surface area contributed by atoms with Crippen LogP contribution in [0.2, 0.25) is 0 Å². The standard InChI is InChI=1S/C15H27N/c1-11-12-7-3-5-9-14(12)16(2)15-10-6-4-8-13(11)15/h11-15H,3-10H2,1-2H3. The van der Waals surface area contributed by atoms with Crippen molar-refractivity contribution in [1.82, 2.24) is 4.90 Å². The summed E-state index contributed by atoms with van der Waals surface area (Å²) < 4.78 is 0. The Bertz CT molecular complexity index is 200. The fourth-order valence-corrected chi connectivity index (χ4v) is 5.08. The minimum atomic E-state index is 0.933. The second-order valence-electron chi connectivity index (χ2n) is 6.56. The predicted molar refractivity (Wildman–Crippen MR) is 68.4 cm³/mol. The lowest BCUT2D eigenvalue weighted by Gasteiger charge is -2.55. The molecule has 0 amide bonds. The van der Waals surface area contributed by atoms with Gasteiger partial charge in [-0.05, 0) is 50.5 Å². The highest BCUT2D eigenvalue weighted by atomic mass is 15.2. The average molecular weight is 221 g/mol. The third kappa shape index (κ3) is 1.63. The van der Waals surface area contributed by atoms with Crippen LogP contribution in [0.15, 0.2) is 0 Å². The van der Waals surface area contributed by atoms with Gasteiger partial charge in [0.15, 0.2) is 0 Å². The maximum atomic E-state index is 2.80. The molecule has 4 atom stereocenters. The topological polar surface area (TPSA) is 3.24 Å². The zero-order valence-electron chi connectivity index (χ0n) is 11.0. The Morgan fingerprint density at radius 1 is 0.750 bits per heavy atom. The Morgan fingerprint density at radius 3 is 1.69 bits per heavy atom.